The molecule has 0 aliphatic carbocycles. The molecule has 0 aliphatic rings. The van der Waals surface area contributed by atoms with Crippen LogP contribution in [0.4, 0.5) is 11.5 Å². The fourth-order valence-electron chi connectivity index (χ4n) is 2.34. The van der Waals surface area contributed by atoms with Gasteiger partial charge in [0.15, 0.2) is 0 Å². The Hall–Kier alpha value is -3.56. The zero-order valence-electron chi connectivity index (χ0n) is 15.3. The highest BCUT2D eigenvalue weighted by Gasteiger charge is 2.19. The largest absolute Gasteiger partial charge is 0.465 e. The van der Waals surface area contributed by atoms with Crippen LogP contribution in [0.2, 0.25) is 10.2 Å². The zero-order chi connectivity index (χ0) is 21.7. The van der Waals surface area contributed by atoms with E-state index in [2.05, 4.69) is 30.3 Å². The summed E-state index contributed by atoms with van der Waals surface area (Å²) in [5, 5.41) is 5.67. The number of amides is 2. The fourth-order valence-corrected chi connectivity index (χ4v) is 2.54. The second kappa shape index (κ2) is 9.29. The summed E-state index contributed by atoms with van der Waals surface area (Å²) in [5.74, 6) is -1.65. The van der Waals surface area contributed by atoms with Gasteiger partial charge in [0.05, 0.1) is 41.3 Å². The third kappa shape index (κ3) is 5.07. The third-order valence-corrected chi connectivity index (χ3v) is 4.17. The number of esters is 1. The Kier molecular flexibility index (Phi) is 6.55. The summed E-state index contributed by atoms with van der Waals surface area (Å²) in [4.78, 5) is 48.8. The lowest BCUT2D eigenvalue weighted by molar-refractivity contribution is 0.0600. The topological polar surface area (TPSA) is 123 Å². The maximum absolute atomic E-state index is 12.8. The molecule has 0 saturated heterocycles. The van der Waals surface area contributed by atoms with Crippen molar-refractivity contribution in [3.05, 3.63) is 75.9 Å². The minimum absolute atomic E-state index is 0.00456. The molecule has 0 fully saturated rings. The summed E-state index contributed by atoms with van der Waals surface area (Å²) in [6.07, 6.45) is 3.78. The number of aromatic nitrogens is 3. The Labute approximate surface area is 180 Å². The lowest BCUT2D eigenvalue weighted by atomic mass is 10.1. The van der Waals surface area contributed by atoms with Crippen molar-refractivity contribution in [2.45, 2.75) is 0 Å². The Morgan fingerprint density at radius 1 is 0.900 bits per heavy atom. The van der Waals surface area contributed by atoms with Crippen LogP contribution >= 0.6 is 23.2 Å². The van der Waals surface area contributed by atoms with E-state index in [1.54, 1.807) is 6.07 Å². The van der Waals surface area contributed by atoms with Crippen molar-refractivity contribution in [1.29, 1.82) is 0 Å². The number of hydrogen-bond acceptors (Lipinski definition) is 7. The molecule has 0 atom stereocenters. The van der Waals surface area contributed by atoms with Crippen LogP contribution in [0, 0.1) is 0 Å². The van der Waals surface area contributed by atoms with E-state index >= 15 is 0 Å². The lowest BCUT2D eigenvalue weighted by Crippen LogP contribution is -2.20. The van der Waals surface area contributed by atoms with Crippen LogP contribution < -0.4 is 10.6 Å². The van der Waals surface area contributed by atoms with E-state index in [1.807, 2.05) is 0 Å². The lowest BCUT2D eigenvalue weighted by Gasteiger charge is -2.12. The molecule has 30 heavy (non-hydrogen) atoms. The van der Waals surface area contributed by atoms with Crippen molar-refractivity contribution < 1.29 is 19.1 Å². The molecule has 2 amide bonds. The van der Waals surface area contributed by atoms with Crippen LogP contribution in [0.5, 0.6) is 0 Å². The van der Waals surface area contributed by atoms with Gasteiger partial charge >= 0.3 is 5.97 Å². The van der Waals surface area contributed by atoms with E-state index in [1.165, 1.54) is 50.0 Å². The molecule has 3 aromatic rings. The monoisotopic (exact) mass is 445 g/mol. The SMILES string of the molecule is COC(=O)c1ccc(NC(=O)c2cnc(Cl)cn2)c(C(=O)Nc2ccc(Cl)cn2)c1. The zero-order valence-corrected chi connectivity index (χ0v) is 16.9. The number of methoxy groups -OCH3 is 1. The molecule has 0 aliphatic heterocycles. The van der Waals surface area contributed by atoms with Gasteiger partial charge in [0.25, 0.3) is 11.8 Å². The van der Waals surface area contributed by atoms with Gasteiger partial charge in [-0.15, -0.1) is 0 Å². The Morgan fingerprint density at radius 3 is 2.33 bits per heavy atom. The van der Waals surface area contributed by atoms with Gasteiger partial charge in [-0.25, -0.2) is 19.7 Å². The van der Waals surface area contributed by atoms with E-state index in [0.717, 1.165) is 0 Å². The second-order valence-corrected chi connectivity index (χ2v) is 6.57. The predicted octanol–water partition coefficient (Wildman–Crippen LogP) is 3.47. The molecule has 0 saturated carbocycles. The van der Waals surface area contributed by atoms with Crippen LogP contribution in [-0.2, 0) is 4.74 Å². The molecule has 11 heteroatoms. The normalized spacial score (nSPS) is 10.2. The molecule has 0 unspecified atom stereocenters. The minimum Gasteiger partial charge on any atom is -0.465 e. The number of ether oxygens (including phenoxy) is 1. The summed E-state index contributed by atoms with van der Waals surface area (Å²) < 4.78 is 4.69. The van der Waals surface area contributed by atoms with Gasteiger partial charge in [-0.1, -0.05) is 23.2 Å². The van der Waals surface area contributed by atoms with Gasteiger partial charge in [0.1, 0.15) is 16.7 Å². The van der Waals surface area contributed by atoms with E-state index in [4.69, 9.17) is 23.2 Å². The molecule has 2 aromatic heterocycles. The number of carbonyl (C=O) groups is 3. The van der Waals surface area contributed by atoms with Gasteiger partial charge in [0, 0.05) is 6.20 Å². The van der Waals surface area contributed by atoms with Crippen LogP contribution in [0.25, 0.3) is 0 Å². The van der Waals surface area contributed by atoms with Crippen molar-refractivity contribution >= 4 is 52.5 Å². The van der Waals surface area contributed by atoms with Gasteiger partial charge in [-0.05, 0) is 30.3 Å². The number of rotatable bonds is 5. The minimum atomic E-state index is -0.643. The fraction of sp³-hybridized carbons (Fsp3) is 0.0526. The maximum atomic E-state index is 12.8. The maximum Gasteiger partial charge on any atom is 0.337 e. The highest BCUT2D eigenvalue weighted by Crippen LogP contribution is 2.21. The number of pyridine rings is 1. The van der Waals surface area contributed by atoms with E-state index < -0.39 is 17.8 Å². The number of hydrogen-bond donors (Lipinski definition) is 2. The molecule has 0 spiro atoms. The molecule has 152 valence electrons. The molecule has 1 aromatic carbocycles. The first kappa shape index (κ1) is 21.2. The van der Waals surface area contributed by atoms with Crippen LogP contribution in [0.1, 0.15) is 31.2 Å². The van der Waals surface area contributed by atoms with Crippen LogP contribution in [-0.4, -0.2) is 39.8 Å². The molecular formula is C19H13Cl2N5O4. The standard InChI is InChI=1S/C19H13Cl2N5O4/c1-30-19(29)10-2-4-13(25-18(28)14-8-23-15(21)9-22-14)12(6-10)17(27)26-16-5-3-11(20)7-24-16/h2-9H,1H3,(H,25,28)(H,24,26,27). The Balaban J connectivity index is 1.92. The summed E-state index contributed by atoms with van der Waals surface area (Å²) in [5.41, 5.74) is 0.249. The van der Waals surface area contributed by atoms with E-state index in [0.29, 0.717) is 5.02 Å². The van der Waals surface area contributed by atoms with Crippen LogP contribution in [0.3, 0.4) is 0 Å². The van der Waals surface area contributed by atoms with E-state index in [9.17, 15) is 14.4 Å². The summed E-state index contributed by atoms with van der Waals surface area (Å²) >= 11 is 11.5. The number of nitrogens with zero attached hydrogens (tertiary/aromatic N) is 3. The first-order valence-corrected chi connectivity index (χ1v) is 9.07. The Morgan fingerprint density at radius 2 is 1.70 bits per heavy atom. The highest BCUT2D eigenvalue weighted by molar-refractivity contribution is 6.30. The molecule has 9 nitrogen and oxygen atoms in total. The smallest absolute Gasteiger partial charge is 0.337 e. The predicted molar refractivity (Wildman–Crippen MR) is 110 cm³/mol. The number of anilines is 2. The van der Waals surface area contributed by atoms with Crippen molar-refractivity contribution in [3.8, 4) is 0 Å². The summed E-state index contributed by atoms with van der Waals surface area (Å²) in [6.45, 7) is 0. The van der Waals surface area contributed by atoms with Gasteiger partial charge in [0.2, 0.25) is 0 Å². The summed E-state index contributed by atoms with van der Waals surface area (Å²) in [7, 11) is 1.22. The number of carbonyl (C=O) groups excluding carboxylic acids is 3. The first-order chi connectivity index (χ1) is 14.4. The molecule has 2 heterocycles. The molecule has 0 radical (unpaired) electrons. The molecule has 0 bridgehead atoms. The third-order valence-electron chi connectivity index (χ3n) is 3.76. The highest BCUT2D eigenvalue weighted by atomic mass is 35.5. The van der Waals surface area contributed by atoms with Crippen molar-refractivity contribution in [2.24, 2.45) is 0 Å². The summed E-state index contributed by atoms with van der Waals surface area (Å²) in [6, 6.07) is 7.16. The number of benzene rings is 1. The van der Waals surface area contributed by atoms with E-state index in [-0.39, 0.29) is 33.5 Å². The average molecular weight is 446 g/mol. The second-order valence-electron chi connectivity index (χ2n) is 5.75. The van der Waals surface area contributed by atoms with Crippen molar-refractivity contribution in [3.63, 3.8) is 0 Å². The number of nitrogens with one attached hydrogen (secondary N) is 2. The van der Waals surface area contributed by atoms with Gasteiger partial charge < -0.3 is 15.4 Å². The van der Waals surface area contributed by atoms with Gasteiger partial charge in [-0.3, -0.25) is 9.59 Å². The molecule has 2 N–H and O–H groups in total. The Bertz CT molecular complexity index is 1100. The quantitative estimate of drug-likeness (QED) is 0.576. The average Bonchev–Trinajstić information content (AvgIpc) is 2.75. The number of halogens is 2. The first-order valence-electron chi connectivity index (χ1n) is 8.31. The molecule has 3 rings (SSSR count). The van der Waals surface area contributed by atoms with Crippen LogP contribution in [0.15, 0.2) is 48.9 Å². The molecular weight excluding hydrogens is 433 g/mol. The van der Waals surface area contributed by atoms with Crippen molar-refractivity contribution in [2.75, 3.05) is 17.7 Å². The van der Waals surface area contributed by atoms with Crippen molar-refractivity contribution in [1.82, 2.24) is 15.0 Å². The van der Waals surface area contributed by atoms with Gasteiger partial charge in [-0.2, -0.15) is 0 Å².